The fourth-order valence-electron chi connectivity index (χ4n) is 3.00. The number of hydrogen-bond acceptors (Lipinski definition) is 3. The van der Waals surface area contributed by atoms with Crippen molar-refractivity contribution in [2.75, 3.05) is 6.79 Å². The molecule has 21 heavy (non-hydrogen) atoms. The van der Waals surface area contributed by atoms with Gasteiger partial charge in [0, 0.05) is 12.1 Å². The average Bonchev–Trinajstić information content (AvgIpc) is 3.02. The van der Waals surface area contributed by atoms with E-state index in [1.807, 2.05) is 18.2 Å². The average molecular weight is 287 g/mol. The molecule has 1 unspecified atom stereocenters. The molecule has 0 radical (unpaired) electrons. The number of nitrogens with one attached hydrogen (secondary N) is 1. The minimum atomic E-state index is -0.0321. The second-order valence-corrected chi connectivity index (χ2v) is 6.56. The van der Waals surface area contributed by atoms with Crippen molar-refractivity contribution in [3.05, 3.63) is 29.8 Å². The van der Waals surface area contributed by atoms with E-state index in [2.05, 4.69) is 19.2 Å². The summed E-state index contributed by atoms with van der Waals surface area (Å²) in [5.41, 5.74) is 1.28. The lowest BCUT2D eigenvalue weighted by Crippen LogP contribution is -2.32. The molecule has 3 rings (SSSR count). The number of amides is 1. The lowest BCUT2D eigenvalue weighted by Gasteiger charge is -2.17. The van der Waals surface area contributed by atoms with Crippen molar-refractivity contribution in [2.24, 2.45) is 5.41 Å². The Labute approximate surface area is 125 Å². The van der Waals surface area contributed by atoms with Crippen LogP contribution in [0.25, 0.3) is 6.08 Å². The smallest absolute Gasteiger partial charge is 0.244 e. The third-order valence-electron chi connectivity index (χ3n) is 4.14. The number of carbonyl (C=O) groups excluding carboxylic acids is 1. The highest BCUT2D eigenvalue weighted by Gasteiger charge is 2.31. The van der Waals surface area contributed by atoms with Gasteiger partial charge >= 0.3 is 0 Å². The number of benzene rings is 1. The van der Waals surface area contributed by atoms with Crippen molar-refractivity contribution in [3.8, 4) is 11.5 Å². The fourth-order valence-corrected chi connectivity index (χ4v) is 3.00. The van der Waals surface area contributed by atoms with Gasteiger partial charge in [0.05, 0.1) is 0 Å². The SMILES string of the molecule is CC1(C)CCC(NC(=O)/C=C/c2ccc3c(c2)OCO3)C1. The maximum atomic E-state index is 12.0. The Kier molecular flexibility index (Phi) is 3.62. The van der Waals surface area contributed by atoms with Crippen LogP contribution in [-0.2, 0) is 4.79 Å². The number of ether oxygens (including phenoxy) is 2. The van der Waals surface area contributed by atoms with Gasteiger partial charge < -0.3 is 14.8 Å². The maximum Gasteiger partial charge on any atom is 0.244 e. The van der Waals surface area contributed by atoms with Crippen LogP contribution in [0.3, 0.4) is 0 Å². The van der Waals surface area contributed by atoms with E-state index in [0.29, 0.717) is 11.5 Å². The van der Waals surface area contributed by atoms with Crippen LogP contribution in [0.15, 0.2) is 24.3 Å². The Morgan fingerprint density at radius 2 is 2.14 bits per heavy atom. The van der Waals surface area contributed by atoms with Gasteiger partial charge in [0.2, 0.25) is 12.7 Å². The van der Waals surface area contributed by atoms with E-state index in [1.165, 1.54) is 6.42 Å². The molecule has 112 valence electrons. The second-order valence-electron chi connectivity index (χ2n) is 6.56. The van der Waals surface area contributed by atoms with E-state index in [4.69, 9.17) is 9.47 Å². The molecule has 1 saturated carbocycles. The molecule has 0 spiro atoms. The zero-order valence-corrected chi connectivity index (χ0v) is 12.5. The van der Waals surface area contributed by atoms with Crippen LogP contribution in [0.4, 0.5) is 0 Å². The normalized spacial score (nSPS) is 22.7. The predicted octanol–water partition coefficient (Wildman–Crippen LogP) is 3.12. The first-order valence-corrected chi connectivity index (χ1v) is 7.40. The molecule has 1 aliphatic carbocycles. The Morgan fingerprint density at radius 3 is 2.90 bits per heavy atom. The van der Waals surface area contributed by atoms with Crippen LogP contribution >= 0.6 is 0 Å². The molecule has 1 aliphatic heterocycles. The summed E-state index contributed by atoms with van der Waals surface area (Å²) in [5, 5.41) is 3.08. The predicted molar refractivity (Wildman–Crippen MR) is 81.2 cm³/mol. The molecule has 1 N–H and O–H groups in total. The summed E-state index contributed by atoms with van der Waals surface area (Å²) in [6.45, 7) is 4.77. The summed E-state index contributed by atoms with van der Waals surface area (Å²) in [7, 11) is 0. The van der Waals surface area contributed by atoms with Crippen LogP contribution in [0.2, 0.25) is 0 Å². The van der Waals surface area contributed by atoms with Gasteiger partial charge in [-0.05, 0) is 48.4 Å². The van der Waals surface area contributed by atoms with Crippen LogP contribution in [0.1, 0.15) is 38.7 Å². The zero-order valence-electron chi connectivity index (χ0n) is 12.5. The molecule has 0 saturated heterocycles. The molecule has 1 amide bonds. The number of rotatable bonds is 3. The Bertz CT molecular complexity index is 577. The summed E-state index contributed by atoms with van der Waals surface area (Å²) >= 11 is 0. The van der Waals surface area contributed by atoms with Crippen molar-refractivity contribution in [3.63, 3.8) is 0 Å². The van der Waals surface area contributed by atoms with Crippen molar-refractivity contribution < 1.29 is 14.3 Å². The highest BCUT2D eigenvalue weighted by atomic mass is 16.7. The van der Waals surface area contributed by atoms with Gasteiger partial charge in [-0.15, -0.1) is 0 Å². The third kappa shape index (κ3) is 3.38. The number of hydrogen-bond donors (Lipinski definition) is 1. The molecule has 1 atom stereocenters. The molecular weight excluding hydrogens is 266 g/mol. The summed E-state index contributed by atoms with van der Waals surface area (Å²) < 4.78 is 10.6. The first-order valence-electron chi connectivity index (χ1n) is 7.40. The van der Waals surface area contributed by atoms with Gasteiger partial charge in [-0.25, -0.2) is 0 Å². The third-order valence-corrected chi connectivity index (χ3v) is 4.14. The molecule has 0 bridgehead atoms. The largest absolute Gasteiger partial charge is 0.454 e. The molecule has 4 nitrogen and oxygen atoms in total. The highest BCUT2D eigenvalue weighted by molar-refractivity contribution is 5.92. The minimum Gasteiger partial charge on any atom is -0.454 e. The van der Waals surface area contributed by atoms with Gasteiger partial charge in [-0.2, -0.15) is 0 Å². The van der Waals surface area contributed by atoms with Gasteiger partial charge in [0.15, 0.2) is 11.5 Å². The van der Waals surface area contributed by atoms with Crippen molar-refractivity contribution >= 4 is 12.0 Å². The molecule has 1 aromatic rings. The standard InChI is InChI=1S/C17H21NO3/c1-17(2)8-7-13(10-17)18-16(19)6-4-12-3-5-14-15(9-12)21-11-20-14/h3-6,9,13H,7-8,10-11H2,1-2H3,(H,18,19)/b6-4+. The van der Waals surface area contributed by atoms with E-state index in [-0.39, 0.29) is 12.7 Å². The van der Waals surface area contributed by atoms with Gasteiger partial charge in [0.1, 0.15) is 0 Å². The lowest BCUT2D eigenvalue weighted by atomic mass is 9.92. The van der Waals surface area contributed by atoms with Crippen molar-refractivity contribution in [1.29, 1.82) is 0 Å². The fraction of sp³-hybridized carbons (Fsp3) is 0.471. The quantitative estimate of drug-likeness (QED) is 0.869. The molecule has 4 heteroatoms. The van der Waals surface area contributed by atoms with E-state index in [0.717, 1.165) is 29.9 Å². The first kappa shape index (κ1) is 14.0. The second kappa shape index (κ2) is 5.43. The molecule has 1 fully saturated rings. The lowest BCUT2D eigenvalue weighted by molar-refractivity contribution is -0.117. The van der Waals surface area contributed by atoms with Crippen LogP contribution in [0.5, 0.6) is 11.5 Å². The van der Waals surface area contributed by atoms with Gasteiger partial charge in [-0.3, -0.25) is 4.79 Å². The Morgan fingerprint density at radius 1 is 1.33 bits per heavy atom. The monoisotopic (exact) mass is 287 g/mol. The molecular formula is C17H21NO3. The summed E-state index contributed by atoms with van der Waals surface area (Å²) in [6, 6.07) is 5.95. The Hall–Kier alpha value is -1.97. The topological polar surface area (TPSA) is 47.6 Å². The molecule has 0 aromatic heterocycles. The maximum absolute atomic E-state index is 12.0. The van der Waals surface area contributed by atoms with Crippen molar-refractivity contribution in [2.45, 2.75) is 39.2 Å². The molecule has 2 aliphatic rings. The van der Waals surface area contributed by atoms with Gasteiger partial charge in [0.25, 0.3) is 0 Å². The van der Waals surface area contributed by atoms with Gasteiger partial charge in [-0.1, -0.05) is 19.9 Å². The zero-order chi connectivity index (χ0) is 14.9. The van der Waals surface area contributed by atoms with Crippen molar-refractivity contribution in [1.82, 2.24) is 5.32 Å². The Balaban J connectivity index is 1.57. The number of fused-ring (bicyclic) bond motifs is 1. The summed E-state index contributed by atoms with van der Waals surface area (Å²) in [4.78, 5) is 12.0. The van der Waals surface area contributed by atoms with Crippen LogP contribution < -0.4 is 14.8 Å². The van der Waals surface area contributed by atoms with Crippen LogP contribution in [-0.4, -0.2) is 18.7 Å². The van der Waals surface area contributed by atoms with E-state index in [1.54, 1.807) is 12.2 Å². The summed E-state index contributed by atoms with van der Waals surface area (Å²) in [5.74, 6) is 1.45. The minimum absolute atomic E-state index is 0.0321. The van der Waals surface area contributed by atoms with E-state index in [9.17, 15) is 4.79 Å². The first-order chi connectivity index (χ1) is 10.0. The highest BCUT2D eigenvalue weighted by Crippen LogP contribution is 2.37. The van der Waals surface area contributed by atoms with Crippen LogP contribution in [0, 0.1) is 5.41 Å². The van der Waals surface area contributed by atoms with E-state index >= 15 is 0 Å². The number of carbonyl (C=O) groups is 1. The molecule has 1 heterocycles. The molecule has 1 aromatic carbocycles. The van der Waals surface area contributed by atoms with E-state index < -0.39 is 0 Å². The summed E-state index contributed by atoms with van der Waals surface area (Å²) in [6.07, 6.45) is 6.68.